The third-order valence-corrected chi connectivity index (χ3v) is 3.35. The maximum Gasteiger partial charge on any atom is 0.181 e. The lowest BCUT2D eigenvalue weighted by molar-refractivity contribution is 0.0185. The van der Waals surface area contributed by atoms with E-state index in [4.69, 9.17) is 4.74 Å². The van der Waals surface area contributed by atoms with Gasteiger partial charge in [-0.15, -0.1) is 5.10 Å². The molecule has 0 fully saturated rings. The summed E-state index contributed by atoms with van der Waals surface area (Å²) in [7, 11) is 3.57. The zero-order chi connectivity index (χ0) is 14.6. The number of anilines is 1. The number of methoxy groups -OCH3 is 1. The maximum absolute atomic E-state index is 5.40. The Kier molecular flexibility index (Phi) is 4.34. The average molecular weight is 275 g/mol. The fourth-order valence-electron chi connectivity index (χ4n) is 1.85. The molecule has 1 heterocycles. The molecule has 108 valence electrons. The van der Waals surface area contributed by atoms with E-state index in [0.29, 0.717) is 0 Å². The van der Waals surface area contributed by atoms with Crippen LogP contribution in [0.2, 0.25) is 0 Å². The first kappa shape index (κ1) is 14.5. The summed E-state index contributed by atoms with van der Waals surface area (Å²) in [6, 6.07) is 8.07. The third kappa shape index (κ3) is 3.54. The summed E-state index contributed by atoms with van der Waals surface area (Å²) in [5, 5.41) is 14.9. The molecule has 20 heavy (non-hydrogen) atoms. The van der Waals surface area contributed by atoms with Gasteiger partial charge in [0.1, 0.15) is 0 Å². The van der Waals surface area contributed by atoms with Gasteiger partial charge in [-0.2, -0.15) is 0 Å². The number of hydrogen-bond donors (Lipinski definition) is 1. The minimum atomic E-state index is -0.113. The number of rotatable bonds is 6. The van der Waals surface area contributed by atoms with E-state index in [1.54, 1.807) is 11.8 Å². The van der Waals surface area contributed by atoms with Crippen molar-refractivity contribution in [3.63, 3.8) is 0 Å². The molecule has 0 bridgehead atoms. The van der Waals surface area contributed by atoms with E-state index < -0.39 is 0 Å². The lowest BCUT2D eigenvalue weighted by Crippen LogP contribution is -2.25. The highest BCUT2D eigenvalue weighted by atomic mass is 16.5. The van der Waals surface area contributed by atoms with Gasteiger partial charge in [0.2, 0.25) is 0 Å². The highest BCUT2D eigenvalue weighted by molar-refractivity contribution is 5.62. The minimum Gasteiger partial charge on any atom is -0.385 e. The molecule has 0 saturated carbocycles. The van der Waals surface area contributed by atoms with Crippen molar-refractivity contribution in [2.45, 2.75) is 25.9 Å². The number of benzene rings is 1. The van der Waals surface area contributed by atoms with Crippen LogP contribution in [-0.4, -0.2) is 39.5 Å². The largest absolute Gasteiger partial charge is 0.385 e. The molecule has 0 aliphatic carbocycles. The topological polar surface area (TPSA) is 64.9 Å². The molecule has 1 N–H and O–H groups in total. The van der Waals surface area contributed by atoms with Crippen LogP contribution in [0.25, 0.3) is 11.4 Å². The summed E-state index contributed by atoms with van der Waals surface area (Å²) in [6.07, 6.45) is 0.930. The van der Waals surface area contributed by atoms with Crippen LogP contribution < -0.4 is 5.32 Å². The van der Waals surface area contributed by atoms with Gasteiger partial charge in [0.05, 0.1) is 5.60 Å². The van der Waals surface area contributed by atoms with Gasteiger partial charge >= 0.3 is 0 Å². The van der Waals surface area contributed by atoms with E-state index in [-0.39, 0.29) is 5.60 Å². The fraction of sp³-hybridized carbons (Fsp3) is 0.500. The van der Waals surface area contributed by atoms with Gasteiger partial charge in [-0.05, 0) is 42.8 Å². The molecule has 6 nitrogen and oxygen atoms in total. The molecule has 6 heteroatoms. The van der Waals surface area contributed by atoms with Gasteiger partial charge in [-0.1, -0.05) is 12.1 Å². The molecule has 1 aromatic heterocycles. The fourth-order valence-corrected chi connectivity index (χ4v) is 1.85. The van der Waals surface area contributed by atoms with Crippen molar-refractivity contribution in [3.8, 4) is 11.4 Å². The summed E-state index contributed by atoms with van der Waals surface area (Å²) in [5.41, 5.74) is 1.93. The van der Waals surface area contributed by atoms with Gasteiger partial charge in [-0.3, -0.25) is 0 Å². The molecular weight excluding hydrogens is 254 g/mol. The van der Waals surface area contributed by atoms with Crippen LogP contribution in [-0.2, 0) is 11.8 Å². The zero-order valence-electron chi connectivity index (χ0n) is 12.4. The van der Waals surface area contributed by atoms with Crippen molar-refractivity contribution in [3.05, 3.63) is 24.3 Å². The van der Waals surface area contributed by atoms with Crippen LogP contribution in [0.1, 0.15) is 20.3 Å². The predicted octanol–water partition coefficient (Wildman–Crippen LogP) is 2.10. The number of tetrazole rings is 1. The molecule has 0 unspecified atom stereocenters. The van der Waals surface area contributed by atoms with Crippen LogP contribution in [0, 0.1) is 0 Å². The van der Waals surface area contributed by atoms with E-state index in [2.05, 4.69) is 34.7 Å². The highest BCUT2D eigenvalue weighted by Gasteiger charge is 2.15. The van der Waals surface area contributed by atoms with E-state index >= 15 is 0 Å². The summed E-state index contributed by atoms with van der Waals surface area (Å²) < 4.78 is 7.06. The number of hydrogen-bond acceptors (Lipinski definition) is 5. The molecule has 2 aromatic rings. The normalized spacial score (nSPS) is 11.6. The number of aromatic nitrogens is 4. The first-order chi connectivity index (χ1) is 9.52. The molecule has 2 rings (SSSR count). The Balaban J connectivity index is 2.02. The number of aryl methyl sites for hydroxylation is 1. The molecule has 0 aliphatic heterocycles. The molecule has 0 aliphatic rings. The average Bonchev–Trinajstić information content (AvgIpc) is 2.85. The first-order valence-corrected chi connectivity index (χ1v) is 6.64. The molecule has 0 spiro atoms. The van der Waals surface area contributed by atoms with Crippen LogP contribution in [0.5, 0.6) is 0 Å². The lowest BCUT2D eigenvalue weighted by atomic mass is 10.1. The zero-order valence-corrected chi connectivity index (χ0v) is 12.4. The number of nitrogens with one attached hydrogen (secondary N) is 1. The Labute approximate surface area is 119 Å². The molecule has 1 aromatic carbocycles. The van der Waals surface area contributed by atoms with Crippen LogP contribution in [0.3, 0.4) is 0 Å². The highest BCUT2D eigenvalue weighted by Crippen LogP contribution is 2.20. The van der Waals surface area contributed by atoms with Gasteiger partial charge in [0, 0.05) is 32.0 Å². The maximum atomic E-state index is 5.40. The van der Waals surface area contributed by atoms with Crippen molar-refractivity contribution < 1.29 is 4.74 Å². The van der Waals surface area contributed by atoms with Crippen molar-refractivity contribution in [2.24, 2.45) is 7.05 Å². The van der Waals surface area contributed by atoms with E-state index in [0.717, 1.165) is 30.0 Å². The lowest BCUT2D eigenvalue weighted by Gasteiger charge is -2.23. The van der Waals surface area contributed by atoms with Crippen LogP contribution in [0.4, 0.5) is 5.69 Å². The summed E-state index contributed by atoms with van der Waals surface area (Å²) in [4.78, 5) is 0. The van der Waals surface area contributed by atoms with Crippen molar-refractivity contribution in [2.75, 3.05) is 19.0 Å². The first-order valence-electron chi connectivity index (χ1n) is 6.64. The van der Waals surface area contributed by atoms with Gasteiger partial charge in [-0.25, -0.2) is 4.68 Å². The Morgan fingerprint density at radius 2 is 2.15 bits per heavy atom. The number of nitrogens with zero attached hydrogens (tertiary/aromatic N) is 4. The van der Waals surface area contributed by atoms with E-state index in [1.807, 2.05) is 31.3 Å². The monoisotopic (exact) mass is 275 g/mol. The Morgan fingerprint density at radius 1 is 1.35 bits per heavy atom. The van der Waals surface area contributed by atoms with Crippen molar-refractivity contribution >= 4 is 5.69 Å². The molecule has 0 radical (unpaired) electrons. The van der Waals surface area contributed by atoms with E-state index in [9.17, 15) is 0 Å². The quantitative estimate of drug-likeness (QED) is 0.874. The van der Waals surface area contributed by atoms with Gasteiger partial charge < -0.3 is 10.1 Å². The molecule has 0 atom stereocenters. The van der Waals surface area contributed by atoms with Crippen molar-refractivity contribution in [1.82, 2.24) is 20.2 Å². The second-order valence-electron chi connectivity index (χ2n) is 5.35. The SMILES string of the molecule is COC(C)(C)CCNc1cccc(-c2nnnn2C)c1. The second kappa shape index (κ2) is 6.00. The Morgan fingerprint density at radius 3 is 2.80 bits per heavy atom. The number of ether oxygens (including phenoxy) is 1. The van der Waals surface area contributed by atoms with Gasteiger partial charge in [0.15, 0.2) is 5.82 Å². The van der Waals surface area contributed by atoms with E-state index in [1.165, 1.54) is 0 Å². The predicted molar refractivity (Wildman–Crippen MR) is 78.4 cm³/mol. The molecular formula is C14H21N5O. The minimum absolute atomic E-state index is 0.113. The van der Waals surface area contributed by atoms with Crippen molar-refractivity contribution in [1.29, 1.82) is 0 Å². The summed E-state index contributed by atoms with van der Waals surface area (Å²) >= 11 is 0. The standard InChI is InChI=1S/C14H21N5O/c1-14(2,20-4)8-9-15-12-7-5-6-11(10-12)13-16-17-18-19(13)3/h5-7,10,15H,8-9H2,1-4H3. The Hall–Kier alpha value is -1.95. The summed E-state index contributed by atoms with van der Waals surface area (Å²) in [6.45, 7) is 5.01. The van der Waals surface area contributed by atoms with Crippen LogP contribution >= 0.6 is 0 Å². The Bertz CT molecular complexity index is 564. The van der Waals surface area contributed by atoms with Gasteiger partial charge in [0.25, 0.3) is 0 Å². The second-order valence-corrected chi connectivity index (χ2v) is 5.35. The third-order valence-electron chi connectivity index (χ3n) is 3.35. The van der Waals surface area contributed by atoms with Crippen LogP contribution in [0.15, 0.2) is 24.3 Å². The smallest absolute Gasteiger partial charge is 0.181 e. The molecule has 0 amide bonds. The summed E-state index contributed by atoms with van der Waals surface area (Å²) in [5.74, 6) is 0.755. The molecule has 0 saturated heterocycles.